The summed E-state index contributed by atoms with van der Waals surface area (Å²) in [5.74, 6) is 0. The molecule has 8 heavy (non-hydrogen) atoms. The first kappa shape index (κ1) is 7.58. The van der Waals surface area contributed by atoms with Crippen LogP contribution >= 0.6 is 12.2 Å². The predicted octanol–water partition coefficient (Wildman–Crippen LogP) is 0.428. The van der Waals surface area contributed by atoms with E-state index in [0.29, 0.717) is 0 Å². The van der Waals surface area contributed by atoms with Crippen molar-refractivity contribution in [3.8, 4) is 0 Å². The fourth-order valence-corrected chi connectivity index (χ4v) is 0.234. The molecule has 0 saturated carbocycles. The van der Waals surface area contributed by atoms with E-state index in [2.05, 4.69) is 24.8 Å². The first-order valence-corrected chi connectivity index (χ1v) is 2.55. The van der Waals surface area contributed by atoms with Gasteiger partial charge in [0.15, 0.2) is 0 Å². The Balaban J connectivity index is 3.83. The van der Waals surface area contributed by atoms with Gasteiger partial charge in [-0.2, -0.15) is 0 Å². The van der Waals surface area contributed by atoms with E-state index in [1.807, 2.05) is 0 Å². The summed E-state index contributed by atoms with van der Waals surface area (Å²) < 4.78 is -0.0579. The number of hydrogen-bond acceptors (Lipinski definition) is 3. The molecule has 3 nitrogen and oxygen atoms in total. The summed E-state index contributed by atoms with van der Waals surface area (Å²) in [4.78, 5) is 10.7. The lowest BCUT2D eigenvalue weighted by molar-refractivity contribution is 0.177. The number of hydrogen-bond donors (Lipinski definition) is 1. The average Bonchev–Trinajstić information content (AvgIpc) is 1.64. The van der Waals surface area contributed by atoms with Crippen LogP contribution in [0.2, 0.25) is 0 Å². The van der Waals surface area contributed by atoms with Crippen molar-refractivity contribution in [3.05, 3.63) is 0 Å². The molecule has 0 atom stereocenters. The number of amides is 1. The summed E-state index contributed by atoms with van der Waals surface area (Å²) in [7, 11) is 1.30. The molecule has 0 spiro atoms. The van der Waals surface area contributed by atoms with Gasteiger partial charge in [-0.3, -0.25) is 4.90 Å². The molecule has 5 heteroatoms. The molecule has 0 heterocycles. The third-order valence-corrected chi connectivity index (χ3v) is 1.11. The summed E-state index contributed by atoms with van der Waals surface area (Å²) in [6, 6.07) is 0. The van der Waals surface area contributed by atoms with Crippen LogP contribution in [0.5, 0.6) is 0 Å². The number of rotatable bonds is 0. The van der Waals surface area contributed by atoms with Crippen molar-refractivity contribution in [3.63, 3.8) is 0 Å². The quantitative estimate of drug-likeness (QED) is 0.401. The fourth-order valence-electron chi connectivity index (χ4n) is 0.0781. The average molecular weight is 150 g/mol. The first-order chi connectivity index (χ1) is 3.55. The van der Waals surface area contributed by atoms with Gasteiger partial charge < -0.3 is 30.0 Å². The van der Waals surface area contributed by atoms with Crippen molar-refractivity contribution < 1.29 is 9.90 Å². The van der Waals surface area contributed by atoms with E-state index in [1.165, 1.54) is 7.05 Å². The maximum atomic E-state index is 9.91. The van der Waals surface area contributed by atoms with Gasteiger partial charge in [-0.1, -0.05) is 4.32 Å². The van der Waals surface area contributed by atoms with Gasteiger partial charge >= 0.3 is 6.09 Å². The standard InChI is InChI=1S/C3H5NO2S2/c1-4(2(5)6)3(7)8/h1H3,(H,5,6)(H,7,8)/p-1. The molecule has 0 unspecified atom stereocenters. The molecular weight excluding hydrogens is 146 g/mol. The van der Waals surface area contributed by atoms with E-state index in [9.17, 15) is 4.79 Å². The van der Waals surface area contributed by atoms with Crippen LogP contribution in [-0.2, 0) is 12.6 Å². The lowest BCUT2D eigenvalue weighted by Crippen LogP contribution is -2.28. The summed E-state index contributed by atoms with van der Waals surface area (Å²) in [6.07, 6.45) is -1.12. The molecule has 0 aromatic carbocycles. The summed E-state index contributed by atoms with van der Waals surface area (Å²) in [6.45, 7) is 0. The summed E-state index contributed by atoms with van der Waals surface area (Å²) in [5.41, 5.74) is 0. The topological polar surface area (TPSA) is 40.5 Å². The van der Waals surface area contributed by atoms with Crippen molar-refractivity contribution >= 4 is 35.3 Å². The monoisotopic (exact) mass is 150 g/mol. The van der Waals surface area contributed by atoms with Gasteiger partial charge in [0.05, 0.1) is 0 Å². The van der Waals surface area contributed by atoms with Crippen LogP contribution < -0.4 is 0 Å². The van der Waals surface area contributed by atoms with E-state index in [-0.39, 0.29) is 4.32 Å². The molecule has 0 saturated heterocycles. The second-order valence-electron chi connectivity index (χ2n) is 1.11. The summed E-state index contributed by atoms with van der Waals surface area (Å²) in [5, 5.41) is 8.12. The van der Waals surface area contributed by atoms with Gasteiger partial charge in [-0.05, 0) is 0 Å². The zero-order chi connectivity index (χ0) is 6.73. The highest BCUT2D eigenvalue weighted by Gasteiger charge is 1.99. The molecule has 0 aromatic rings. The Morgan fingerprint density at radius 3 is 2.25 bits per heavy atom. The van der Waals surface area contributed by atoms with Gasteiger partial charge in [-0.25, -0.2) is 4.79 Å². The third-order valence-electron chi connectivity index (χ3n) is 0.561. The zero-order valence-electron chi connectivity index (χ0n) is 4.12. The second kappa shape index (κ2) is 2.78. The predicted molar refractivity (Wildman–Crippen MR) is 35.8 cm³/mol. The molecule has 1 amide bonds. The largest absolute Gasteiger partial charge is 0.465 e. The Morgan fingerprint density at radius 2 is 2.25 bits per heavy atom. The smallest absolute Gasteiger partial charge is 0.410 e. The molecule has 0 bridgehead atoms. The molecule has 1 N–H and O–H groups in total. The zero-order valence-corrected chi connectivity index (χ0v) is 5.75. The third kappa shape index (κ3) is 2.04. The van der Waals surface area contributed by atoms with E-state index in [4.69, 9.17) is 5.11 Å². The minimum Gasteiger partial charge on any atom is -0.465 e. The minimum absolute atomic E-state index is 0.0579. The molecular formula is C3H4NO2S2-. The number of carbonyl (C=O) groups is 1. The molecule has 0 rings (SSSR count). The van der Waals surface area contributed by atoms with Gasteiger partial charge in [-0.15, -0.1) is 0 Å². The van der Waals surface area contributed by atoms with Gasteiger partial charge in [0.1, 0.15) is 0 Å². The number of thiocarbonyl (C=S) groups is 1. The van der Waals surface area contributed by atoms with Crippen molar-refractivity contribution in [2.75, 3.05) is 7.05 Å². The van der Waals surface area contributed by atoms with E-state index in [0.717, 1.165) is 4.90 Å². The van der Waals surface area contributed by atoms with Gasteiger partial charge in [0.2, 0.25) is 0 Å². The number of nitrogens with zero attached hydrogens (tertiary/aromatic N) is 1. The van der Waals surface area contributed by atoms with Crippen LogP contribution in [0.15, 0.2) is 0 Å². The van der Waals surface area contributed by atoms with E-state index in [1.54, 1.807) is 0 Å². The highest BCUT2D eigenvalue weighted by Crippen LogP contribution is 1.84. The lowest BCUT2D eigenvalue weighted by Gasteiger charge is -2.15. The second-order valence-corrected chi connectivity index (χ2v) is 2.14. The van der Waals surface area contributed by atoms with Crippen LogP contribution in [0, 0.1) is 0 Å². The molecule has 0 fully saturated rings. The highest BCUT2D eigenvalue weighted by molar-refractivity contribution is 8.00. The van der Waals surface area contributed by atoms with Crippen molar-refractivity contribution in [1.29, 1.82) is 0 Å². The Hall–Kier alpha value is -0.420. The normalized spacial score (nSPS) is 8.12. The molecule has 0 aliphatic rings. The molecule has 0 aromatic heterocycles. The van der Waals surface area contributed by atoms with Crippen molar-refractivity contribution in [1.82, 2.24) is 4.90 Å². The van der Waals surface area contributed by atoms with E-state index >= 15 is 0 Å². The Labute approximate surface area is 57.7 Å². The van der Waals surface area contributed by atoms with Crippen molar-refractivity contribution in [2.45, 2.75) is 0 Å². The van der Waals surface area contributed by atoms with Crippen LogP contribution in [0.3, 0.4) is 0 Å². The van der Waals surface area contributed by atoms with Gasteiger partial charge in [0, 0.05) is 7.05 Å². The maximum absolute atomic E-state index is 9.91. The molecule has 46 valence electrons. The van der Waals surface area contributed by atoms with Crippen LogP contribution in [-0.4, -0.2) is 27.5 Å². The lowest BCUT2D eigenvalue weighted by atomic mass is 10.9. The van der Waals surface area contributed by atoms with E-state index < -0.39 is 6.09 Å². The number of carboxylic acid groups (broad SMARTS) is 1. The Bertz CT molecular complexity index is 110. The van der Waals surface area contributed by atoms with Crippen LogP contribution in [0.25, 0.3) is 0 Å². The minimum atomic E-state index is -1.12. The molecule has 0 radical (unpaired) electrons. The van der Waals surface area contributed by atoms with Crippen LogP contribution in [0.1, 0.15) is 0 Å². The van der Waals surface area contributed by atoms with Crippen LogP contribution in [0.4, 0.5) is 4.79 Å². The maximum Gasteiger partial charge on any atom is 0.410 e. The Kier molecular flexibility index (Phi) is 2.64. The van der Waals surface area contributed by atoms with Crippen molar-refractivity contribution in [2.24, 2.45) is 0 Å². The summed E-state index contributed by atoms with van der Waals surface area (Å²) >= 11 is 8.71. The van der Waals surface area contributed by atoms with Gasteiger partial charge in [0.25, 0.3) is 0 Å². The SMILES string of the molecule is CN(C(=O)O)C(=S)[S-]. The molecule has 0 aliphatic carbocycles. The Morgan fingerprint density at radius 1 is 1.88 bits per heavy atom. The first-order valence-electron chi connectivity index (χ1n) is 1.73. The molecule has 0 aliphatic heterocycles. The fraction of sp³-hybridized carbons (Fsp3) is 0.333. The highest BCUT2D eigenvalue weighted by atomic mass is 32.1.